The molecule has 0 aliphatic rings. The zero-order valence-corrected chi connectivity index (χ0v) is 10.9. The minimum absolute atomic E-state index is 0.0815. The first-order chi connectivity index (χ1) is 8.67. The highest BCUT2D eigenvalue weighted by molar-refractivity contribution is 5.87. The number of carbonyl (C=O) groups excluding carboxylic acids is 2. The van der Waals surface area contributed by atoms with Crippen molar-refractivity contribution >= 4 is 11.8 Å². The molecule has 0 fully saturated rings. The van der Waals surface area contributed by atoms with Crippen LogP contribution in [0.1, 0.15) is 25.3 Å². The molecule has 1 aromatic carbocycles. The quantitative estimate of drug-likeness (QED) is 0.796. The van der Waals surface area contributed by atoms with E-state index in [-0.39, 0.29) is 11.8 Å². The maximum Gasteiger partial charge on any atom is 0.242 e. The summed E-state index contributed by atoms with van der Waals surface area (Å²) in [6, 6.07) is 9.16. The number of nitrogens with one attached hydrogen (secondary N) is 2. The third kappa shape index (κ3) is 4.57. The van der Waals surface area contributed by atoms with E-state index < -0.39 is 6.04 Å². The maximum atomic E-state index is 11.7. The lowest BCUT2D eigenvalue weighted by molar-refractivity contribution is -0.128. The smallest absolute Gasteiger partial charge is 0.242 e. The average Bonchev–Trinajstić information content (AvgIpc) is 2.38. The van der Waals surface area contributed by atoms with Crippen molar-refractivity contribution in [3.8, 4) is 0 Å². The van der Waals surface area contributed by atoms with E-state index in [1.165, 1.54) is 0 Å². The van der Waals surface area contributed by atoms with Crippen molar-refractivity contribution in [2.75, 3.05) is 7.05 Å². The van der Waals surface area contributed by atoms with Crippen molar-refractivity contribution in [3.63, 3.8) is 0 Å². The highest BCUT2D eigenvalue weighted by Crippen LogP contribution is 2.04. The molecule has 1 atom stereocenters. The predicted octanol–water partition coefficient (Wildman–Crippen LogP) is 1.26. The second-order valence-corrected chi connectivity index (χ2v) is 4.17. The second kappa shape index (κ2) is 7.48. The monoisotopic (exact) mass is 248 g/mol. The highest BCUT2D eigenvalue weighted by atomic mass is 16.2. The molecule has 0 aromatic heterocycles. The van der Waals surface area contributed by atoms with Crippen LogP contribution in [0.5, 0.6) is 0 Å². The van der Waals surface area contributed by atoms with Crippen LogP contribution in [-0.4, -0.2) is 24.9 Å². The first-order valence-corrected chi connectivity index (χ1v) is 6.22. The molecule has 4 heteroatoms. The fourth-order valence-electron chi connectivity index (χ4n) is 1.73. The lowest BCUT2D eigenvalue weighted by Gasteiger charge is -2.17. The molecule has 4 nitrogen and oxygen atoms in total. The Labute approximate surface area is 108 Å². The summed E-state index contributed by atoms with van der Waals surface area (Å²) in [7, 11) is 1.58. The Kier molecular flexibility index (Phi) is 5.91. The summed E-state index contributed by atoms with van der Waals surface area (Å²) in [5.41, 5.74) is 1.03. The minimum atomic E-state index is -0.503. The normalized spacial score (nSPS) is 11.7. The molecular formula is C14H20N2O2. The molecule has 1 unspecified atom stereocenters. The van der Waals surface area contributed by atoms with E-state index in [9.17, 15) is 9.59 Å². The van der Waals surface area contributed by atoms with Crippen LogP contribution >= 0.6 is 0 Å². The number of hydrogen-bond acceptors (Lipinski definition) is 2. The largest absolute Gasteiger partial charge is 0.357 e. The van der Waals surface area contributed by atoms with Gasteiger partial charge < -0.3 is 10.6 Å². The van der Waals surface area contributed by atoms with Gasteiger partial charge in [0, 0.05) is 19.9 Å². The number of carbonyl (C=O) groups is 2. The fraction of sp³-hybridized carbons (Fsp3) is 0.429. The van der Waals surface area contributed by atoms with Crippen molar-refractivity contribution in [2.45, 2.75) is 32.2 Å². The zero-order valence-electron chi connectivity index (χ0n) is 10.9. The Morgan fingerprint density at radius 1 is 1.22 bits per heavy atom. The van der Waals surface area contributed by atoms with Gasteiger partial charge in [-0.3, -0.25) is 9.59 Å². The van der Waals surface area contributed by atoms with Crippen LogP contribution in [0.15, 0.2) is 30.3 Å². The molecule has 0 spiro atoms. The molecule has 2 amide bonds. The first-order valence-electron chi connectivity index (χ1n) is 6.22. The van der Waals surface area contributed by atoms with E-state index in [4.69, 9.17) is 0 Å². The number of likely N-dealkylation sites (N-methyl/N-ethyl adjacent to an activating group) is 1. The Hall–Kier alpha value is -1.84. The van der Waals surface area contributed by atoms with E-state index >= 15 is 0 Å². The van der Waals surface area contributed by atoms with Gasteiger partial charge in [-0.2, -0.15) is 0 Å². The van der Waals surface area contributed by atoms with Crippen LogP contribution in [-0.2, 0) is 16.0 Å². The number of hydrogen-bond donors (Lipinski definition) is 2. The van der Waals surface area contributed by atoms with Gasteiger partial charge in [-0.25, -0.2) is 0 Å². The van der Waals surface area contributed by atoms with Crippen LogP contribution in [0, 0.1) is 0 Å². The maximum absolute atomic E-state index is 11.7. The van der Waals surface area contributed by atoms with Crippen LogP contribution in [0.25, 0.3) is 0 Å². The lowest BCUT2D eigenvalue weighted by Crippen LogP contribution is -2.46. The van der Waals surface area contributed by atoms with Crippen molar-refractivity contribution in [1.29, 1.82) is 0 Å². The standard InChI is InChI=1S/C14H20N2O2/c1-3-7-13(17)16-12(14(18)15-2)10-11-8-5-4-6-9-11/h4-6,8-9,12H,3,7,10H2,1-2H3,(H,15,18)(H,16,17). The number of benzene rings is 1. The van der Waals surface area contributed by atoms with Crippen LogP contribution in [0.2, 0.25) is 0 Å². The van der Waals surface area contributed by atoms with Gasteiger partial charge in [-0.05, 0) is 12.0 Å². The molecule has 0 heterocycles. The molecule has 18 heavy (non-hydrogen) atoms. The minimum Gasteiger partial charge on any atom is -0.357 e. The van der Waals surface area contributed by atoms with Gasteiger partial charge in [0.2, 0.25) is 11.8 Å². The molecule has 0 aliphatic heterocycles. The molecule has 0 bridgehead atoms. The molecule has 0 radical (unpaired) electrons. The number of rotatable bonds is 6. The van der Waals surface area contributed by atoms with E-state index in [0.717, 1.165) is 12.0 Å². The van der Waals surface area contributed by atoms with Crippen LogP contribution < -0.4 is 10.6 Å². The van der Waals surface area contributed by atoms with Gasteiger partial charge in [-0.1, -0.05) is 37.3 Å². The zero-order chi connectivity index (χ0) is 13.4. The number of amides is 2. The molecule has 2 N–H and O–H groups in total. The molecule has 1 rings (SSSR count). The lowest BCUT2D eigenvalue weighted by atomic mass is 10.1. The van der Waals surface area contributed by atoms with Gasteiger partial charge in [0.15, 0.2) is 0 Å². The average molecular weight is 248 g/mol. The summed E-state index contributed by atoms with van der Waals surface area (Å²) in [6.45, 7) is 1.94. The second-order valence-electron chi connectivity index (χ2n) is 4.17. The topological polar surface area (TPSA) is 58.2 Å². The molecular weight excluding hydrogens is 228 g/mol. The summed E-state index contributed by atoms with van der Waals surface area (Å²) in [5.74, 6) is -0.245. The van der Waals surface area contributed by atoms with E-state index in [0.29, 0.717) is 12.8 Å². The molecule has 0 aliphatic carbocycles. The third-order valence-corrected chi connectivity index (χ3v) is 2.66. The van der Waals surface area contributed by atoms with Crippen LogP contribution in [0.3, 0.4) is 0 Å². The summed E-state index contributed by atoms with van der Waals surface area (Å²) in [5, 5.41) is 5.35. The van der Waals surface area contributed by atoms with Gasteiger partial charge in [0.05, 0.1) is 0 Å². The summed E-state index contributed by atoms with van der Waals surface area (Å²) >= 11 is 0. The van der Waals surface area contributed by atoms with Crippen molar-refractivity contribution < 1.29 is 9.59 Å². The van der Waals surface area contributed by atoms with E-state index in [1.807, 2.05) is 37.3 Å². The van der Waals surface area contributed by atoms with Crippen molar-refractivity contribution in [2.24, 2.45) is 0 Å². The highest BCUT2D eigenvalue weighted by Gasteiger charge is 2.19. The third-order valence-electron chi connectivity index (χ3n) is 2.66. The Morgan fingerprint density at radius 3 is 2.44 bits per heavy atom. The molecule has 0 saturated carbocycles. The van der Waals surface area contributed by atoms with E-state index in [1.54, 1.807) is 7.05 Å². The summed E-state index contributed by atoms with van der Waals surface area (Å²) < 4.78 is 0. The van der Waals surface area contributed by atoms with Gasteiger partial charge in [-0.15, -0.1) is 0 Å². The molecule has 1 aromatic rings. The molecule has 0 saturated heterocycles. The first kappa shape index (κ1) is 14.2. The summed E-state index contributed by atoms with van der Waals surface area (Å²) in [4.78, 5) is 23.3. The Bertz CT molecular complexity index is 390. The van der Waals surface area contributed by atoms with Gasteiger partial charge >= 0.3 is 0 Å². The Balaban J connectivity index is 2.67. The Morgan fingerprint density at radius 2 is 1.89 bits per heavy atom. The molecule has 98 valence electrons. The summed E-state index contributed by atoms with van der Waals surface area (Å²) in [6.07, 6.45) is 1.73. The predicted molar refractivity (Wildman–Crippen MR) is 71.1 cm³/mol. The van der Waals surface area contributed by atoms with Gasteiger partial charge in [0.1, 0.15) is 6.04 Å². The van der Waals surface area contributed by atoms with Gasteiger partial charge in [0.25, 0.3) is 0 Å². The van der Waals surface area contributed by atoms with E-state index in [2.05, 4.69) is 10.6 Å². The van der Waals surface area contributed by atoms with Crippen LogP contribution in [0.4, 0.5) is 0 Å². The fourth-order valence-corrected chi connectivity index (χ4v) is 1.73. The van der Waals surface area contributed by atoms with Crippen molar-refractivity contribution in [3.05, 3.63) is 35.9 Å². The van der Waals surface area contributed by atoms with Crippen molar-refractivity contribution in [1.82, 2.24) is 10.6 Å². The SMILES string of the molecule is CCCC(=O)NC(Cc1ccccc1)C(=O)NC.